The number of rotatable bonds is 2. The third kappa shape index (κ3) is 3.60. The number of hydrogen-bond acceptors (Lipinski definition) is 2. The number of amides is 1. The first kappa shape index (κ1) is 14.3. The van der Waals surface area contributed by atoms with Gasteiger partial charge in [-0.1, -0.05) is 29.8 Å². The second-order valence-electron chi connectivity index (χ2n) is 4.16. The minimum atomic E-state index is 0. The number of carbonyl (C=O) groups is 1. The van der Waals surface area contributed by atoms with Gasteiger partial charge in [0, 0.05) is 24.2 Å². The van der Waals surface area contributed by atoms with Crippen molar-refractivity contribution in [2.75, 3.05) is 13.1 Å². The zero-order valence-corrected chi connectivity index (χ0v) is 11.0. The minimum Gasteiger partial charge on any atom is -0.341 e. The highest BCUT2D eigenvalue weighted by atomic mass is 35.5. The fourth-order valence-electron chi connectivity index (χ4n) is 1.93. The summed E-state index contributed by atoms with van der Waals surface area (Å²) in [5.74, 6) is 0.112. The molecule has 0 radical (unpaired) electrons. The van der Waals surface area contributed by atoms with Gasteiger partial charge in [0.2, 0.25) is 5.91 Å². The second-order valence-corrected chi connectivity index (χ2v) is 4.56. The van der Waals surface area contributed by atoms with E-state index in [1.165, 1.54) is 0 Å². The van der Waals surface area contributed by atoms with Crippen LogP contribution in [0.4, 0.5) is 0 Å². The van der Waals surface area contributed by atoms with E-state index >= 15 is 0 Å². The molecule has 17 heavy (non-hydrogen) atoms. The molecule has 2 N–H and O–H groups in total. The molecule has 1 aromatic rings. The smallest absolute Gasteiger partial charge is 0.227 e. The Morgan fingerprint density at radius 1 is 1.47 bits per heavy atom. The first-order chi connectivity index (χ1) is 7.66. The number of carbonyl (C=O) groups excluding carboxylic acids is 1. The minimum absolute atomic E-state index is 0. The summed E-state index contributed by atoms with van der Waals surface area (Å²) in [4.78, 5) is 13.7. The summed E-state index contributed by atoms with van der Waals surface area (Å²) in [5.41, 5.74) is 6.65. The van der Waals surface area contributed by atoms with E-state index in [2.05, 4.69) is 0 Å². The molecule has 1 amide bonds. The number of halogens is 2. The lowest BCUT2D eigenvalue weighted by Crippen LogP contribution is -2.32. The highest BCUT2D eigenvalue weighted by molar-refractivity contribution is 6.31. The van der Waals surface area contributed by atoms with Gasteiger partial charge in [0.05, 0.1) is 6.42 Å². The van der Waals surface area contributed by atoms with Gasteiger partial charge in [-0.2, -0.15) is 0 Å². The highest BCUT2D eigenvalue weighted by Crippen LogP contribution is 2.17. The van der Waals surface area contributed by atoms with Crippen LogP contribution < -0.4 is 5.73 Å². The van der Waals surface area contributed by atoms with Crippen molar-refractivity contribution in [3.63, 3.8) is 0 Å². The van der Waals surface area contributed by atoms with Crippen LogP contribution >= 0.6 is 24.0 Å². The van der Waals surface area contributed by atoms with Crippen LogP contribution in [0.15, 0.2) is 24.3 Å². The van der Waals surface area contributed by atoms with Gasteiger partial charge in [-0.05, 0) is 18.1 Å². The first-order valence-electron chi connectivity index (χ1n) is 5.43. The van der Waals surface area contributed by atoms with Crippen LogP contribution in [0.2, 0.25) is 5.02 Å². The van der Waals surface area contributed by atoms with Gasteiger partial charge in [0.25, 0.3) is 0 Å². The summed E-state index contributed by atoms with van der Waals surface area (Å²) in [6.45, 7) is 1.44. The van der Waals surface area contributed by atoms with E-state index in [1.54, 1.807) is 6.07 Å². The molecule has 0 aliphatic carbocycles. The molecular weight excluding hydrogens is 259 g/mol. The Kier molecular flexibility index (Phi) is 5.25. The number of nitrogens with two attached hydrogens (primary N) is 1. The Morgan fingerprint density at radius 2 is 2.18 bits per heavy atom. The molecule has 0 saturated carbocycles. The molecule has 1 atom stereocenters. The molecule has 0 spiro atoms. The van der Waals surface area contributed by atoms with E-state index in [1.807, 2.05) is 23.1 Å². The van der Waals surface area contributed by atoms with Crippen LogP contribution in [0.3, 0.4) is 0 Å². The van der Waals surface area contributed by atoms with Crippen LogP contribution in [0.5, 0.6) is 0 Å². The van der Waals surface area contributed by atoms with Crippen molar-refractivity contribution in [2.45, 2.75) is 18.9 Å². The van der Waals surface area contributed by atoms with Crippen molar-refractivity contribution in [3.8, 4) is 0 Å². The maximum atomic E-state index is 11.9. The maximum Gasteiger partial charge on any atom is 0.227 e. The monoisotopic (exact) mass is 274 g/mol. The zero-order chi connectivity index (χ0) is 11.5. The molecule has 0 bridgehead atoms. The van der Waals surface area contributed by atoms with Gasteiger partial charge in [0.1, 0.15) is 0 Å². The van der Waals surface area contributed by atoms with Crippen molar-refractivity contribution in [1.82, 2.24) is 4.90 Å². The number of benzene rings is 1. The Bertz CT molecular complexity index is 398. The molecule has 1 unspecified atom stereocenters. The van der Waals surface area contributed by atoms with Gasteiger partial charge < -0.3 is 10.6 Å². The summed E-state index contributed by atoms with van der Waals surface area (Å²) < 4.78 is 0. The zero-order valence-electron chi connectivity index (χ0n) is 9.43. The van der Waals surface area contributed by atoms with Crippen LogP contribution in [0, 0.1) is 0 Å². The first-order valence-corrected chi connectivity index (χ1v) is 5.81. The average molecular weight is 275 g/mol. The van der Waals surface area contributed by atoms with Crippen LogP contribution in [0.1, 0.15) is 12.0 Å². The topological polar surface area (TPSA) is 46.3 Å². The molecular formula is C12H16Cl2N2O. The molecule has 1 aliphatic heterocycles. The maximum absolute atomic E-state index is 11.9. The predicted molar refractivity (Wildman–Crippen MR) is 71.6 cm³/mol. The lowest BCUT2D eigenvalue weighted by molar-refractivity contribution is -0.129. The Labute approximate surface area is 112 Å². The molecule has 3 nitrogen and oxygen atoms in total. The molecule has 2 rings (SSSR count). The molecule has 1 fully saturated rings. The van der Waals surface area contributed by atoms with Crippen LogP contribution in [0.25, 0.3) is 0 Å². The fraction of sp³-hybridized carbons (Fsp3) is 0.417. The Morgan fingerprint density at radius 3 is 2.76 bits per heavy atom. The molecule has 1 aliphatic rings. The summed E-state index contributed by atoms with van der Waals surface area (Å²) >= 11 is 6.01. The Balaban J connectivity index is 0.00000144. The lowest BCUT2D eigenvalue weighted by atomic mass is 10.1. The van der Waals surface area contributed by atoms with E-state index in [-0.39, 0.29) is 24.4 Å². The van der Waals surface area contributed by atoms with Crippen molar-refractivity contribution in [3.05, 3.63) is 34.9 Å². The van der Waals surface area contributed by atoms with Crippen LogP contribution in [-0.4, -0.2) is 29.9 Å². The van der Waals surface area contributed by atoms with E-state index < -0.39 is 0 Å². The highest BCUT2D eigenvalue weighted by Gasteiger charge is 2.23. The largest absolute Gasteiger partial charge is 0.341 e. The summed E-state index contributed by atoms with van der Waals surface area (Å²) in [5, 5.41) is 0.652. The van der Waals surface area contributed by atoms with Crippen molar-refractivity contribution < 1.29 is 4.79 Å². The molecule has 94 valence electrons. The number of likely N-dealkylation sites (tertiary alicyclic amines) is 1. The van der Waals surface area contributed by atoms with Crippen molar-refractivity contribution in [2.24, 2.45) is 5.73 Å². The number of hydrogen-bond donors (Lipinski definition) is 1. The summed E-state index contributed by atoms with van der Waals surface area (Å²) in [6, 6.07) is 7.58. The third-order valence-electron chi connectivity index (χ3n) is 2.88. The van der Waals surface area contributed by atoms with E-state index in [4.69, 9.17) is 17.3 Å². The average Bonchev–Trinajstić information content (AvgIpc) is 2.68. The van der Waals surface area contributed by atoms with Crippen LogP contribution in [-0.2, 0) is 11.2 Å². The molecule has 1 aromatic carbocycles. The SMILES string of the molecule is Cl.NC1CCN(C(=O)Cc2ccccc2Cl)C1. The lowest BCUT2D eigenvalue weighted by Gasteiger charge is -2.16. The van der Waals surface area contributed by atoms with Crippen molar-refractivity contribution >= 4 is 29.9 Å². The van der Waals surface area contributed by atoms with Gasteiger partial charge >= 0.3 is 0 Å². The molecule has 1 saturated heterocycles. The van der Waals surface area contributed by atoms with E-state index in [0.29, 0.717) is 18.0 Å². The Hall–Kier alpha value is -0.770. The standard InChI is InChI=1S/C12H15ClN2O.ClH/c13-11-4-2-1-3-9(11)7-12(16)15-6-5-10(14)8-15;/h1-4,10H,5-8,14H2;1H. The second kappa shape index (κ2) is 6.24. The molecule has 0 aromatic heterocycles. The molecule has 1 heterocycles. The fourth-order valence-corrected chi connectivity index (χ4v) is 2.13. The number of nitrogens with zero attached hydrogens (tertiary/aromatic N) is 1. The summed E-state index contributed by atoms with van der Waals surface area (Å²) in [6.07, 6.45) is 1.26. The van der Waals surface area contributed by atoms with Gasteiger partial charge in [-0.25, -0.2) is 0 Å². The third-order valence-corrected chi connectivity index (χ3v) is 3.25. The van der Waals surface area contributed by atoms with E-state index in [0.717, 1.165) is 18.5 Å². The van der Waals surface area contributed by atoms with Crippen molar-refractivity contribution in [1.29, 1.82) is 0 Å². The van der Waals surface area contributed by atoms with Gasteiger partial charge in [0.15, 0.2) is 0 Å². The quantitative estimate of drug-likeness (QED) is 0.895. The van der Waals surface area contributed by atoms with Gasteiger partial charge in [-0.15, -0.1) is 12.4 Å². The van der Waals surface area contributed by atoms with E-state index in [9.17, 15) is 4.79 Å². The normalized spacial score (nSPS) is 18.9. The summed E-state index contributed by atoms with van der Waals surface area (Å²) in [7, 11) is 0. The predicted octanol–water partition coefficient (Wildman–Crippen LogP) is 1.86. The van der Waals surface area contributed by atoms with Gasteiger partial charge in [-0.3, -0.25) is 4.79 Å². The molecule has 5 heteroatoms.